The Hall–Kier alpha value is -7.04. The zero-order valence-corrected chi connectivity index (χ0v) is 38.2. The summed E-state index contributed by atoms with van der Waals surface area (Å²) in [6, 6.07) is 20.7. The number of hydrogen-bond donors (Lipinski definition) is 5. The number of amides is 3. The summed E-state index contributed by atoms with van der Waals surface area (Å²) in [5.41, 5.74) is 14.2. The first-order chi connectivity index (χ1) is 31.9. The van der Waals surface area contributed by atoms with Crippen LogP contribution in [0.2, 0.25) is 5.02 Å². The molecule has 0 fully saturated rings. The normalized spacial score (nSPS) is 17.1. The first-order valence-corrected chi connectivity index (χ1v) is 22.4. The number of primary amides is 1. The molecule has 7 N–H and O–H groups in total. The fraction of sp³-hybridized carbons (Fsp3) is 0.340. The van der Waals surface area contributed by atoms with Gasteiger partial charge in [-0.15, -0.1) is 5.10 Å². The van der Waals surface area contributed by atoms with E-state index in [0.29, 0.717) is 42.0 Å². The lowest BCUT2D eigenvalue weighted by atomic mass is 9.87. The molecule has 67 heavy (non-hydrogen) atoms. The number of carbonyl (C=O) groups excluding carboxylic acids is 7. The topological polar surface area (TPSA) is 258 Å². The Balaban J connectivity index is 1.28. The summed E-state index contributed by atoms with van der Waals surface area (Å²) < 4.78 is 1.14. The van der Waals surface area contributed by atoms with Crippen LogP contribution >= 0.6 is 11.6 Å². The van der Waals surface area contributed by atoms with Gasteiger partial charge in [0.25, 0.3) is 5.91 Å². The number of benzene rings is 4. The third-order valence-corrected chi connectivity index (χ3v) is 12.4. The molecule has 0 radical (unpaired) electrons. The molecule has 1 aliphatic heterocycles. The molecule has 4 bridgehead atoms. The minimum Gasteiger partial charge on any atom is -0.507 e. The Morgan fingerprint density at radius 2 is 1.52 bits per heavy atom. The summed E-state index contributed by atoms with van der Waals surface area (Å²) in [5, 5.41) is 33.1. The number of ketones is 4. The van der Waals surface area contributed by atoms with E-state index in [0.717, 1.165) is 15.8 Å². The molecule has 5 atom stereocenters. The van der Waals surface area contributed by atoms with Crippen molar-refractivity contribution in [2.45, 2.75) is 77.4 Å². The number of aromatic hydroxyl groups is 2. The molecule has 2 heterocycles. The zero-order valence-electron chi connectivity index (χ0n) is 37.5. The van der Waals surface area contributed by atoms with E-state index in [1.807, 2.05) is 24.3 Å². The van der Waals surface area contributed by atoms with Crippen LogP contribution in [-0.4, -0.2) is 90.6 Å². The molecule has 1 unspecified atom stereocenters. The molecule has 5 aromatic rings. The van der Waals surface area contributed by atoms with Gasteiger partial charge in [-0.05, 0) is 84.5 Å². The molecule has 1 aliphatic rings. The highest BCUT2D eigenvalue weighted by molar-refractivity contribution is 6.30. The molecular weight excluding hydrogens is 878 g/mol. The van der Waals surface area contributed by atoms with E-state index in [2.05, 4.69) is 15.6 Å². The molecular formula is C50H54ClN7O9. The van der Waals surface area contributed by atoms with Gasteiger partial charge < -0.3 is 31.9 Å². The third kappa shape index (κ3) is 12.3. The highest BCUT2D eigenvalue weighted by Crippen LogP contribution is 2.40. The third-order valence-electron chi connectivity index (χ3n) is 12.2. The van der Waals surface area contributed by atoms with Crippen molar-refractivity contribution in [1.29, 1.82) is 0 Å². The number of Topliss-reactive ketones (excluding diaryl/α,β-unsaturated/α-hetero) is 4. The second-order valence-corrected chi connectivity index (χ2v) is 17.6. The number of aromatic nitrogens is 3. The van der Waals surface area contributed by atoms with Crippen LogP contribution in [0.3, 0.4) is 0 Å². The van der Waals surface area contributed by atoms with Crippen molar-refractivity contribution in [2.75, 3.05) is 13.6 Å². The number of halogens is 1. The number of hydrogen-bond acceptors (Lipinski definition) is 12. The number of nitrogens with two attached hydrogens (primary N) is 2. The summed E-state index contributed by atoms with van der Waals surface area (Å²) >= 11 is 6.06. The molecule has 0 spiro atoms. The summed E-state index contributed by atoms with van der Waals surface area (Å²) in [7, 11) is 1.46. The molecule has 350 valence electrons. The second kappa shape index (κ2) is 22.0. The van der Waals surface area contributed by atoms with Crippen LogP contribution in [0, 0.1) is 17.8 Å². The van der Waals surface area contributed by atoms with E-state index in [9.17, 15) is 43.8 Å². The maximum absolute atomic E-state index is 14.7. The molecule has 0 aliphatic carbocycles. The maximum atomic E-state index is 14.7. The quantitative estimate of drug-likeness (QED) is 0.0548. The number of nitrogens with one attached hydrogen (secondary N) is 1. The van der Waals surface area contributed by atoms with Crippen molar-refractivity contribution in [2.24, 2.45) is 29.2 Å². The minimum absolute atomic E-state index is 0.0679. The summed E-state index contributed by atoms with van der Waals surface area (Å²) in [6.07, 6.45) is 1.75. The standard InChI is InChI=1S/C50H54ClN7O9/c1-28(46(64)27-58-26-40(48(53)65)55-56-58)20-44(62)39-23-30-7-17-41(59)37(22-30)38-24-34(14-18-42(38)60)47(45(63)21-29(2)49(66)54-39)57(3)50(67)35(6-4-5-19-52)25-43(61)33-10-8-31(9-11-33)32-12-15-36(51)16-13-32/h7-18,22,24,26,28-29,35,39,47,59-60H,4-6,19-21,23,25,27,52H2,1-3H3,(H2,53,65)(H,54,66)/t28?,29-,35-,39+,47+/m1/s1. The maximum Gasteiger partial charge on any atom is 0.270 e. The van der Waals surface area contributed by atoms with Crippen LogP contribution in [0.5, 0.6) is 11.5 Å². The lowest BCUT2D eigenvalue weighted by Gasteiger charge is -2.32. The van der Waals surface area contributed by atoms with Crippen molar-refractivity contribution in [3.63, 3.8) is 0 Å². The van der Waals surface area contributed by atoms with E-state index in [-0.39, 0.29) is 71.9 Å². The Morgan fingerprint density at radius 3 is 2.16 bits per heavy atom. The molecule has 4 aromatic carbocycles. The fourth-order valence-corrected chi connectivity index (χ4v) is 8.38. The van der Waals surface area contributed by atoms with E-state index >= 15 is 0 Å². The van der Waals surface area contributed by atoms with Crippen LogP contribution in [-0.2, 0) is 36.9 Å². The zero-order chi connectivity index (χ0) is 48.5. The first-order valence-electron chi connectivity index (χ1n) is 22.0. The first kappa shape index (κ1) is 49.4. The van der Waals surface area contributed by atoms with Crippen LogP contribution in [0.1, 0.15) is 90.4 Å². The highest BCUT2D eigenvalue weighted by atomic mass is 35.5. The molecule has 16 nitrogen and oxygen atoms in total. The van der Waals surface area contributed by atoms with E-state index < -0.39 is 64.9 Å². The summed E-state index contributed by atoms with van der Waals surface area (Å²) in [6.45, 7) is 3.15. The monoisotopic (exact) mass is 931 g/mol. The molecule has 17 heteroatoms. The van der Waals surface area contributed by atoms with Crippen molar-refractivity contribution in [3.8, 4) is 33.8 Å². The van der Waals surface area contributed by atoms with E-state index in [1.165, 1.54) is 49.3 Å². The van der Waals surface area contributed by atoms with Gasteiger partial charge in [0, 0.05) is 65.8 Å². The number of fused-ring (bicyclic) bond motifs is 5. The number of unbranched alkanes of at least 4 members (excludes halogenated alkanes) is 1. The number of phenolic OH excluding ortho intramolecular Hbond substituents is 2. The summed E-state index contributed by atoms with van der Waals surface area (Å²) in [4.78, 5) is 97.0. The predicted molar refractivity (Wildman–Crippen MR) is 250 cm³/mol. The average Bonchev–Trinajstić information content (AvgIpc) is 3.78. The Morgan fingerprint density at radius 1 is 0.881 bits per heavy atom. The Labute approximate surface area is 392 Å². The van der Waals surface area contributed by atoms with Gasteiger partial charge in [0.05, 0.1) is 12.2 Å². The van der Waals surface area contributed by atoms with Gasteiger partial charge in [-0.25, -0.2) is 4.68 Å². The van der Waals surface area contributed by atoms with Gasteiger partial charge in [-0.3, -0.25) is 33.6 Å². The molecule has 3 amide bonds. The molecule has 0 saturated carbocycles. The van der Waals surface area contributed by atoms with Gasteiger partial charge >= 0.3 is 0 Å². The number of phenols is 2. The Kier molecular flexibility index (Phi) is 16.2. The van der Waals surface area contributed by atoms with E-state index in [1.54, 1.807) is 43.3 Å². The second-order valence-electron chi connectivity index (χ2n) is 17.2. The van der Waals surface area contributed by atoms with Gasteiger partial charge in [0.1, 0.15) is 24.1 Å². The van der Waals surface area contributed by atoms with Crippen molar-refractivity contribution < 1.29 is 43.8 Å². The molecule has 6 rings (SSSR count). The van der Waals surface area contributed by atoms with Crippen molar-refractivity contribution in [1.82, 2.24) is 25.2 Å². The van der Waals surface area contributed by atoms with Gasteiger partial charge in [0.2, 0.25) is 11.8 Å². The van der Waals surface area contributed by atoms with E-state index in [4.69, 9.17) is 23.1 Å². The summed E-state index contributed by atoms with van der Waals surface area (Å²) in [5.74, 6) is -6.84. The van der Waals surface area contributed by atoms with Crippen molar-refractivity contribution >= 4 is 52.5 Å². The lowest BCUT2D eigenvalue weighted by molar-refractivity contribution is -0.142. The van der Waals surface area contributed by atoms with Crippen LogP contribution in [0.15, 0.2) is 91.1 Å². The van der Waals surface area contributed by atoms with Crippen LogP contribution in [0.25, 0.3) is 22.3 Å². The fourth-order valence-electron chi connectivity index (χ4n) is 8.25. The molecule has 0 saturated heterocycles. The van der Waals surface area contributed by atoms with Gasteiger partial charge in [-0.2, -0.15) is 0 Å². The highest BCUT2D eigenvalue weighted by Gasteiger charge is 2.36. The lowest BCUT2D eigenvalue weighted by Crippen LogP contribution is -2.46. The predicted octanol–water partition coefficient (Wildman–Crippen LogP) is 5.79. The largest absolute Gasteiger partial charge is 0.507 e. The SMILES string of the molecule is CC(CC(=O)[C@@H]1Cc2ccc(O)c(c2)-c2cc(ccc2O)[C@H](N(C)C(=O)[C@H](CCCCN)CC(=O)c2ccc(-c3ccc(Cl)cc3)cc2)C(=O)C[C@@H](C)C(=O)N1)C(=O)Cn1cc(C(N)=O)nn1. The number of nitrogens with zero attached hydrogens (tertiary/aromatic N) is 4. The average molecular weight is 932 g/mol. The minimum atomic E-state index is -1.31. The van der Waals surface area contributed by atoms with Crippen molar-refractivity contribution in [3.05, 3.63) is 119 Å². The number of rotatable bonds is 17. The number of likely N-dealkylation sites (N-methyl/N-ethyl adjacent to an activating group) is 1. The Bertz CT molecular complexity index is 2670. The number of carbonyl (C=O) groups is 7. The van der Waals surface area contributed by atoms with Gasteiger partial charge in [-0.1, -0.05) is 85.6 Å². The van der Waals surface area contributed by atoms with Gasteiger partial charge in [0.15, 0.2) is 28.8 Å². The smallest absolute Gasteiger partial charge is 0.270 e. The van der Waals surface area contributed by atoms with Crippen LogP contribution < -0.4 is 16.8 Å². The van der Waals surface area contributed by atoms with Crippen LogP contribution in [0.4, 0.5) is 0 Å². The molecule has 1 aromatic heterocycles.